The largest absolute Gasteiger partial charge is 0.378 e. The van der Waals surface area contributed by atoms with Crippen molar-refractivity contribution in [2.75, 3.05) is 33.4 Å². The van der Waals surface area contributed by atoms with Crippen LogP contribution in [0.2, 0.25) is 0 Å². The molecule has 1 fully saturated rings. The molecule has 4 heteroatoms. The molecule has 0 spiro atoms. The van der Waals surface area contributed by atoms with Gasteiger partial charge in [-0.05, 0) is 20.0 Å². The topological polar surface area (TPSA) is 24.5 Å². The van der Waals surface area contributed by atoms with E-state index in [0.717, 1.165) is 31.9 Å². The summed E-state index contributed by atoms with van der Waals surface area (Å²) >= 11 is 0. The van der Waals surface area contributed by atoms with Gasteiger partial charge in [-0.3, -0.25) is 4.90 Å². The Bertz CT molecular complexity index is 380. The van der Waals surface area contributed by atoms with Crippen molar-refractivity contribution in [2.24, 2.45) is 0 Å². The van der Waals surface area contributed by atoms with Crippen molar-refractivity contribution >= 4 is 0 Å². The summed E-state index contributed by atoms with van der Waals surface area (Å²) in [4.78, 5) is 2.16. The van der Waals surface area contributed by atoms with Gasteiger partial charge < -0.3 is 10.1 Å². The highest BCUT2D eigenvalue weighted by Gasteiger charge is 2.20. The molecule has 1 aromatic rings. The molecule has 1 heterocycles. The van der Waals surface area contributed by atoms with Crippen LogP contribution in [0, 0.1) is 5.82 Å². The molecule has 0 aromatic heterocycles. The number of rotatable bonds is 4. The number of morpholine rings is 1. The monoisotopic (exact) mass is 252 g/mol. The van der Waals surface area contributed by atoms with Crippen molar-refractivity contribution in [3.63, 3.8) is 0 Å². The lowest BCUT2D eigenvalue weighted by Crippen LogP contribution is -2.48. The number of likely N-dealkylation sites (N-methyl/N-ethyl adjacent to an activating group) is 1. The smallest absolute Gasteiger partial charge is 0.127 e. The van der Waals surface area contributed by atoms with Crippen molar-refractivity contribution < 1.29 is 9.13 Å². The summed E-state index contributed by atoms with van der Waals surface area (Å²) in [6.45, 7) is 5.29. The van der Waals surface area contributed by atoms with E-state index < -0.39 is 0 Å². The molecule has 2 atom stereocenters. The minimum Gasteiger partial charge on any atom is -0.378 e. The van der Waals surface area contributed by atoms with Gasteiger partial charge in [-0.2, -0.15) is 0 Å². The normalized spacial score (nSPS) is 22.1. The van der Waals surface area contributed by atoms with E-state index in [1.165, 1.54) is 6.07 Å². The molecule has 0 bridgehead atoms. The highest BCUT2D eigenvalue weighted by molar-refractivity contribution is 5.20. The van der Waals surface area contributed by atoms with E-state index in [9.17, 15) is 4.39 Å². The fourth-order valence-electron chi connectivity index (χ4n) is 2.29. The molecule has 1 saturated heterocycles. The summed E-state index contributed by atoms with van der Waals surface area (Å²) in [6, 6.07) is 7.36. The average molecular weight is 252 g/mol. The summed E-state index contributed by atoms with van der Waals surface area (Å²) in [5.74, 6) is -0.135. The van der Waals surface area contributed by atoms with Crippen LogP contribution in [-0.4, -0.2) is 44.3 Å². The van der Waals surface area contributed by atoms with Gasteiger partial charge in [0.2, 0.25) is 0 Å². The molecule has 0 aliphatic carbocycles. The zero-order valence-electron chi connectivity index (χ0n) is 11.0. The van der Waals surface area contributed by atoms with Crippen molar-refractivity contribution in [1.82, 2.24) is 10.2 Å². The van der Waals surface area contributed by atoms with Crippen LogP contribution in [0.1, 0.15) is 18.5 Å². The van der Waals surface area contributed by atoms with Crippen LogP contribution < -0.4 is 5.32 Å². The molecule has 3 nitrogen and oxygen atoms in total. The number of halogens is 1. The second-order valence-electron chi connectivity index (χ2n) is 4.86. The van der Waals surface area contributed by atoms with Gasteiger partial charge in [0.15, 0.2) is 0 Å². The third-order valence-electron chi connectivity index (χ3n) is 3.52. The fourth-order valence-corrected chi connectivity index (χ4v) is 2.29. The molecular weight excluding hydrogens is 231 g/mol. The zero-order chi connectivity index (χ0) is 13.0. The lowest BCUT2D eigenvalue weighted by molar-refractivity contribution is 0.0603. The van der Waals surface area contributed by atoms with Crippen molar-refractivity contribution in [2.45, 2.75) is 19.0 Å². The minimum absolute atomic E-state index is 0.0647. The van der Waals surface area contributed by atoms with Crippen molar-refractivity contribution in [1.29, 1.82) is 0 Å². The molecule has 18 heavy (non-hydrogen) atoms. The van der Waals surface area contributed by atoms with E-state index in [4.69, 9.17) is 4.74 Å². The summed E-state index contributed by atoms with van der Waals surface area (Å²) in [5.41, 5.74) is 0.747. The molecule has 0 saturated carbocycles. The summed E-state index contributed by atoms with van der Waals surface area (Å²) in [5, 5.41) is 3.41. The first-order valence-electron chi connectivity index (χ1n) is 6.44. The number of hydrogen-bond acceptors (Lipinski definition) is 3. The van der Waals surface area contributed by atoms with Crippen molar-refractivity contribution in [3.8, 4) is 0 Å². The third-order valence-corrected chi connectivity index (χ3v) is 3.52. The Balaban J connectivity index is 1.95. The maximum Gasteiger partial charge on any atom is 0.127 e. The number of nitrogens with one attached hydrogen (secondary N) is 1. The number of ether oxygens (including phenoxy) is 1. The zero-order valence-corrected chi connectivity index (χ0v) is 11.0. The highest BCUT2D eigenvalue weighted by atomic mass is 19.1. The molecule has 1 N–H and O–H groups in total. The third kappa shape index (κ3) is 3.28. The van der Waals surface area contributed by atoms with Gasteiger partial charge in [-0.25, -0.2) is 4.39 Å². The maximum atomic E-state index is 13.7. The summed E-state index contributed by atoms with van der Waals surface area (Å²) in [6.07, 6.45) is 0. The molecule has 1 aliphatic rings. The van der Waals surface area contributed by atoms with Crippen LogP contribution in [0.25, 0.3) is 0 Å². The van der Waals surface area contributed by atoms with E-state index >= 15 is 0 Å². The second kappa shape index (κ2) is 6.27. The molecular formula is C14H21FN2O. The lowest BCUT2D eigenvalue weighted by atomic mass is 10.1. The number of nitrogens with zero attached hydrogens (tertiary/aromatic N) is 1. The summed E-state index contributed by atoms with van der Waals surface area (Å²) < 4.78 is 19.1. The fraction of sp³-hybridized carbons (Fsp3) is 0.571. The maximum absolute atomic E-state index is 13.7. The second-order valence-corrected chi connectivity index (χ2v) is 4.86. The van der Waals surface area contributed by atoms with Crippen molar-refractivity contribution in [3.05, 3.63) is 35.6 Å². The van der Waals surface area contributed by atoms with Crippen LogP contribution in [0.3, 0.4) is 0 Å². The van der Waals surface area contributed by atoms with Crippen LogP contribution in [-0.2, 0) is 4.74 Å². The van der Waals surface area contributed by atoms with Gasteiger partial charge in [-0.15, -0.1) is 0 Å². The predicted octanol–water partition coefficient (Wildman–Crippen LogP) is 1.81. The van der Waals surface area contributed by atoms with Gasteiger partial charge in [0.25, 0.3) is 0 Å². The molecule has 1 aliphatic heterocycles. The van der Waals surface area contributed by atoms with E-state index in [1.54, 1.807) is 6.07 Å². The van der Waals surface area contributed by atoms with Gasteiger partial charge in [-0.1, -0.05) is 18.2 Å². The van der Waals surface area contributed by atoms with Crippen LogP contribution >= 0.6 is 0 Å². The van der Waals surface area contributed by atoms with Gasteiger partial charge in [0.05, 0.1) is 13.2 Å². The Hall–Kier alpha value is -0.970. The Morgan fingerprint density at radius 1 is 1.50 bits per heavy atom. The van der Waals surface area contributed by atoms with Crippen LogP contribution in [0.15, 0.2) is 24.3 Å². The van der Waals surface area contributed by atoms with Crippen LogP contribution in [0.4, 0.5) is 4.39 Å². The molecule has 0 amide bonds. The lowest BCUT2D eigenvalue weighted by Gasteiger charge is -2.32. The van der Waals surface area contributed by atoms with Gasteiger partial charge in [0, 0.05) is 30.7 Å². The van der Waals surface area contributed by atoms with Gasteiger partial charge >= 0.3 is 0 Å². The Labute approximate surface area is 108 Å². The minimum atomic E-state index is -0.135. The molecule has 2 unspecified atom stereocenters. The standard InChI is InChI=1S/C14H21FN2O/c1-11(13-5-3-4-6-14(13)15)17(2)9-12-10-18-8-7-16-12/h3-6,11-12,16H,7-10H2,1-2H3. The Morgan fingerprint density at radius 3 is 2.94 bits per heavy atom. The molecule has 2 rings (SSSR count). The van der Waals surface area contributed by atoms with Gasteiger partial charge in [0.1, 0.15) is 5.82 Å². The average Bonchev–Trinajstić information content (AvgIpc) is 2.39. The summed E-state index contributed by atoms with van der Waals surface area (Å²) in [7, 11) is 2.02. The number of benzene rings is 1. The van der Waals surface area contributed by atoms with Crippen LogP contribution in [0.5, 0.6) is 0 Å². The predicted molar refractivity (Wildman–Crippen MR) is 70.1 cm³/mol. The van der Waals surface area contributed by atoms with E-state index in [-0.39, 0.29) is 11.9 Å². The van der Waals surface area contributed by atoms with E-state index in [0.29, 0.717) is 6.04 Å². The van der Waals surface area contributed by atoms with E-state index in [1.807, 2.05) is 26.1 Å². The first-order valence-corrected chi connectivity index (χ1v) is 6.44. The quantitative estimate of drug-likeness (QED) is 0.884. The Kier molecular flexibility index (Phi) is 4.69. The molecule has 0 radical (unpaired) electrons. The SMILES string of the molecule is CC(c1ccccc1F)N(C)CC1COCCN1. The molecule has 100 valence electrons. The van der Waals surface area contributed by atoms with E-state index in [2.05, 4.69) is 10.2 Å². The first-order chi connectivity index (χ1) is 8.68. The number of hydrogen-bond donors (Lipinski definition) is 1. The Morgan fingerprint density at radius 2 is 2.28 bits per heavy atom. The highest BCUT2D eigenvalue weighted by Crippen LogP contribution is 2.21. The molecule has 1 aromatic carbocycles. The first kappa shape index (κ1) is 13.5.